The zero-order valence-corrected chi connectivity index (χ0v) is 16.8. The fourth-order valence-corrected chi connectivity index (χ4v) is 3.44. The summed E-state index contributed by atoms with van der Waals surface area (Å²) >= 11 is 0. The highest BCUT2D eigenvalue weighted by atomic mass is 16.5. The molecule has 0 aliphatic carbocycles. The predicted molar refractivity (Wildman–Crippen MR) is 111 cm³/mol. The highest BCUT2D eigenvalue weighted by Crippen LogP contribution is 2.32. The second-order valence-corrected chi connectivity index (χ2v) is 7.57. The molecule has 1 aliphatic heterocycles. The van der Waals surface area contributed by atoms with Crippen LogP contribution in [0.3, 0.4) is 0 Å². The van der Waals surface area contributed by atoms with Crippen molar-refractivity contribution in [3.63, 3.8) is 0 Å². The summed E-state index contributed by atoms with van der Waals surface area (Å²) in [5.74, 6) is 0.411. The van der Waals surface area contributed by atoms with Gasteiger partial charge in [-0.05, 0) is 57.0 Å². The maximum atomic E-state index is 12.9. The smallest absolute Gasteiger partial charge is 0.251 e. The Hall–Kier alpha value is -3.08. The number of hydrogen-bond acceptors (Lipinski definition) is 4. The first-order valence-electron chi connectivity index (χ1n) is 9.43. The summed E-state index contributed by atoms with van der Waals surface area (Å²) in [7, 11) is 1.63. The molecule has 1 aliphatic rings. The number of carbonyl (C=O) groups is 2. The van der Waals surface area contributed by atoms with E-state index in [0.717, 1.165) is 23.4 Å². The molecule has 3 rings (SSSR count). The van der Waals surface area contributed by atoms with Crippen LogP contribution in [0.5, 0.6) is 5.75 Å². The van der Waals surface area contributed by atoms with E-state index in [9.17, 15) is 9.59 Å². The monoisotopic (exact) mass is 378 g/mol. The molecule has 0 atom stereocenters. The van der Waals surface area contributed by atoms with E-state index >= 15 is 0 Å². The van der Waals surface area contributed by atoms with Gasteiger partial charge >= 0.3 is 0 Å². The number of rotatable bonds is 5. The van der Waals surface area contributed by atoms with Crippen molar-refractivity contribution in [3.05, 3.63) is 70.8 Å². The van der Waals surface area contributed by atoms with Crippen LogP contribution in [0.4, 0.5) is 0 Å². The van der Waals surface area contributed by atoms with E-state index in [-0.39, 0.29) is 17.2 Å². The standard InChI is InChI=1S/C23H26N2O3/c1-5-24-22(27)16-8-6-7-15(11-16)21(26)13-20-19-12-18(28-4)10-9-17(19)14-23(2,3)25-20/h6-13,25H,5,14H2,1-4H3,(H,24,27)/b20-13-. The maximum absolute atomic E-state index is 12.9. The van der Waals surface area contributed by atoms with Crippen molar-refractivity contribution in [2.75, 3.05) is 13.7 Å². The number of hydrogen-bond donors (Lipinski definition) is 2. The normalized spacial score (nSPS) is 16.1. The van der Waals surface area contributed by atoms with Crippen LogP contribution < -0.4 is 15.4 Å². The van der Waals surface area contributed by atoms with Crippen LogP contribution in [0.2, 0.25) is 0 Å². The van der Waals surface area contributed by atoms with E-state index in [1.165, 1.54) is 5.56 Å². The average molecular weight is 378 g/mol. The number of ether oxygens (including phenoxy) is 1. The molecule has 5 heteroatoms. The number of ketones is 1. The first-order chi connectivity index (χ1) is 13.3. The van der Waals surface area contributed by atoms with Crippen molar-refractivity contribution in [3.8, 4) is 5.75 Å². The zero-order chi connectivity index (χ0) is 20.3. The van der Waals surface area contributed by atoms with Crippen LogP contribution in [0.25, 0.3) is 5.70 Å². The molecule has 0 aromatic heterocycles. The van der Waals surface area contributed by atoms with Gasteiger partial charge in [0, 0.05) is 40.5 Å². The lowest BCUT2D eigenvalue weighted by Crippen LogP contribution is -2.43. The van der Waals surface area contributed by atoms with Crippen molar-refractivity contribution >= 4 is 17.4 Å². The Morgan fingerprint density at radius 2 is 1.93 bits per heavy atom. The minimum absolute atomic E-state index is 0.153. The Kier molecular flexibility index (Phi) is 5.54. The molecule has 1 heterocycles. The van der Waals surface area contributed by atoms with Crippen LogP contribution in [0, 0.1) is 0 Å². The lowest BCUT2D eigenvalue weighted by Gasteiger charge is -2.35. The molecular formula is C23H26N2O3. The summed E-state index contributed by atoms with van der Waals surface area (Å²) in [4.78, 5) is 25.0. The van der Waals surface area contributed by atoms with Crippen molar-refractivity contribution < 1.29 is 14.3 Å². The minimum atomic E-state index is -0.184. The topological polar surface area (TPSA) is 67.4 Å². The Balaban J connectivity index is 1.98. The number of carbonyl (C=O) groups excluding carboxylic acids is 2. The lowest BCUT2D eigenvalue weighted by atomic mass is 9.85. The fraction of sp³-hybridized carbons (Fsp3) is 0.304. The Labute approximate surface area is 165 Å². The van der Waals surface area contributed by atoms with E-state index in [1.807, 2.05) is 25.1 Å². The lowest BCUT2D eigenvalue weighted by molar-refractivity contribution is 0.0956. The van der Waals surface area contributed by atoms with Gasteiger partial charge < -0.3 is 15.4 Å². The summed E-state index contributed by atoms with van der Waals surface area (Å²) in [6, 6.07) is 12.7. The van der Waals surface area contributed by atoms with Crippen molar-refractivity contribution in [2.24, 2.45) is 0 Å². The van der Waals surface area contributed by atoms with Crippen LogP contribution in [-0.2, 0) is 6.42 Å². The third-order valence-electron chi connectivity index (χ3n) is 4.73. The number of amides is 1. The van der Waals surface area contributed by atoms with E-state index in [0.29, 0.717) is 17.7 Å². The number of methoxy groups -OCH3 is 1. The minimum Gasteiger partial charge on any atom is -0.497 e. The molecule has 2 N–H and O–H groups in total. The van der Waals surface area contributed by atoms with Gasteiger partial charge in [0.15, 0.2) is 5.78 Å². The summed E-state index contributed by atoms with van der Waals surface area (Å²) in [6.45, 7) is 6.61. The SMILES string of the molecule is CCNC(=O)c1cccc(C(=O)/C=C2\NC(C)(C)Cc3ccc(OC)cc32)c1. The van der Waals surface area contributed by atoms with Gasteiger partial charge in [0.05, 0.1) is 7.11 Å². The van der Waals surface area contributed by atoms with Gasteiger partial charge in [-0.25, -0.2) is 0 Å². The van der Waals surface area contributed by atoms with Crippen LogP contribution in [0.1, 0.15) is 52.6 Å². The molecule has 146 valence electrons. The molecule has 0 unspecified atom stereocenters. The van der Waals surface area contributed by atoms with Gasteiger partial charge in [-0.2, -0.15) is 0 Å². The predicted octanol–water partition coefficient (Wildman–Crippen LogP) is 3.59. The quantitative estimate of drug-likeness (QED) is 0.616. The molecule has 0 saturated carbocycles. The van der Waals surface area contributed by atoms with E-state index in [2.05, 4.69) is 24.5 Å². The second kappa shape index (κ2) is 7.89. The van der Waals surface area contributed by atoms with Gasteiger partial charge in [0.2, 0.25) is 0 Å². The summed E-state index contributed by atoms with van der Waals surface area (Å²) < 4.78 is 5.35. The third-order valence-corrected chi connectivity index (χ3v) is 4.73. The van der Waals surface area contributed by atoms with Gasteiger partial charge in [0.25, 0.3) is 5.91 Å². The van der Waals surface area contributed by atoms with Crippen molar-refractivity contribution in [2.45, 2.75) is 32.7 Å². The molecule has 2 aromatic rings. The molecule has 0 saturated heterocycles. The molecule has 2 aromatic carbocycles. The number of allylic oxidation sites excluding steroid dienone is 1. The highest BCUT2D eigenvalue weighted by Gasteiger charge is 2.28. The molecule has 0 radical (unpaired) electrons. The Morgan fingerprint density at radius 3 is 2.64 bits per heavy atom. The molecule has 0 spiro atoms. The summed E-state index contributed by atoms with van der Waals surface area (Å²) in [5.41, 5.74) is 3.68. The molecular weight excluding hydrogens is 352 g/mol. The molecule has 5 nitrogen and oxygen atoms in total. The molecule has 0 fully saturated rings. The van der Waals surface area contributed by atoms with Crippen molar-refractivity contribution in [1.29, 1.82) is 0 Å². The summed E-state index contributed by atoms with van der Waals surface area (Å²) in [5, 5.41) is 6.22. The fourth-order valence-electron chi connectivity index (χ4n) is 3.44. The zero-order valence-electron chi connectivity index (χ0n) is 16.8. The van der Waals surface area contributed by atoms with Crippen LogP contribution in [0.15, 0.2) is 48.5 Å². The largest absolute Gasteiger partial charge is 0.497 e. The molecule has 0 bridgehead atoms. The first kappa shape index (κ1) is 19.7. The number of nitrogens with one attached hydrogen (secondary N) is 2. The first-order valence-corrected chi connectivity index (χ1v) is 9.43. The van der Waals surface area contributed by atoms with Gasteiger partial charge in [0.1, 0.15) is 5.75 Å². The summed E-state index contributed by atoms with van der Waals surface area (Å²) in [6.07, 6.45) is 2.46. The van der Waals surface area contributed by atoms with Crippen molar-refractivity contribution in [1.82, 2.24) is 10.6 Å². The Bertz CT molecular complexity index is 945. The third kappa shape index (κ3) is 4.25. The number of fused-ring (bicyclic) bond motifs is 1. The van der Waals surface area contributed by atoms with Crippen LogP contribution >= 0.6 is 0 Å². The Morgan fingerprint density at radius 1 is 1.18 bits per heavy atom. The van der Waals surface area contributed by atoms with Gasteiger partial charge in [-0.1, -0.05) is 18.2 Å². The van der Waals surface area contributed by atoms with E-state index in [4.69, 9.17) is 4.74 Å². The van der Waals surface area contributed by atoms with E-state index < -0.39 is 0 Å². The number of benzene rings is 2. The van der Waals surface area contributed by atoms with E-state index in [1.54, 1.807) is 37.5 Å². The van der Waals surface area contributed by atoms with Gasteiger partial charge in [-0.3, -0.25) is 9.59 Å². The molecule has 28 heavy (non-hydrogen) atoms. The second-order valence-electron chi connectivity index (χ2n) is 7.57. The molecule has 1 amide bonds. The highest BCUT2D eigenvalue weighted by molar-refractivity contribution is 6.10. The maximum Gasteiger partial charge on any atom is 0.251 e. The van der Waals surface area contributed by atoms with Gasteiger partial charge in [-0.15, -0.1) is 0 Å². The average Bonchev–Trinajstić information content (AvgIpc) is 2.67. The van der Waals surface area contributed by atoms with Crippen LogP contribution in [-0.4, -0.2) is 30.9 Å².